The second-order valence-corrected chi connectivity index (χ2v) is 5.62. The minimum atomic E-state index is -0.282. The summed E-state index contributed by atoms with van der Waals surface area (Å²) in [6, 6.07) is 5.21. The van der Waals surface area contributed by atoms with Gasteiger partial charge in [0.1, 0.15) is 0 Å². The van der Waals surface area contributed by atoms with Crippen molar-refractivity contribution in [1.29, 1.82) is 0 Å². The number of rotatable bonds is 2. The Morgan fingerprint density at radius 2 is 1.89 bits per heavy atom. The normalized spacial score (nSPS) is 16.4. The summed E-state index contributed by atoms with van der Waals surface area (Å²) in [4.78, 5) is 25.1. The lowest BCUT2D eigenvalue weighted by atomic mass is 9.96. The molecule has 19 heavy (non-hydrogen) atoms. The van der Waals surface area contributed by atoms with Gasteiger partial charge in [-0.05, 0) is 31.0 Å². The van der Waals surface area contributed by atoms with E-state index in [9.17, 15) is 9.59 Å². The molecule has 1 fully saturated rings. The summed E-state index contributed by atoms with van der Waals surface area (Å²) >= 11 is 3.31. The van der Waals surface area contributed by atoms with Gasteiger partial charge in [-0.15, -0.1) is 0 Å². The van der Waals surface area contributed by atoms with Crippen molar-refractivity contribution in [2.24, 2.45) is 11.7 Å². The van der Waals surface area contributed by atoms with Crippen molar-refractivity contribution in [2.75, 3.05) is 18.8 Å². The van der Waals surface area contributed by atoms with E-state index < -0.39 is 0 Å². The summed E-state index contributed by atoms with van der Waals surface area (Å²) in [7, 11) is 0. The second-order valence-electron chi connectivity index (χ2n) is 4.70. The van der Waals surface area contributed by atoms with E-state index in [0.717, 1.165) is 4.47 Å². The van der Waals surface area contributed by atoms with Crippen LogP contribution in [0.25, 0.3) is 0 Å². The predicted molar refractivity (Wildman–Crippen MR) is 76.4 cm³/mol. The maximum atomic E-state index is 12.3. The van der Waals surface area contributed by atoms with Crippen LogP contribution < -0.4 is 11.5 Å². The third kappa shape index (κ3) is 3.07. The minimum Gasteiger partial charge on any atom is -0.398 e. The molecule has 1 aliphatic rings. The molecule has 4 N–H and O–H groups in total. The van der Waals surface area contributed by atoms with E-state index in [2.05, 4.69) is 15.9 Å². The van der Waals surface area contributed by atoms with Crippen molar-refractivity contribution in [2.45, 2.75) is 12.8 Å². The Morgan fingerprint density at radius 1 is 1.26 bits per heavy atom. The van der Waals surface area contributed by atoms with Gasteiger partial charge in [-0.25, -0.2) is 0 Å². The maximum absolute atomic E-state index is 12.3. The van der Waals surface area contributed by atoms with Gasteiger partial charge < -0.3 is 16.4 Å². The maximum Gasteiger partial charge on any atom is 0.255 e. The molecule has 2 amide bonds. The quantitative estimate of drug-likeness (QED) is 0.805. The monoisotopic (exact) mass is 325 g/mol. The number of halogens is 1. The van der Waals surface area contributed by atoms with Gasteiger partial charge in [-0.2, -0.15) is 0 Å². The Balaban J connectivity index is 2.07. The number of nitrogen functional groups attached to an aromatic ring is 1. The number of primary amides is 1. The van der Waals surface area contributed by atoms with Gasteiger partial charge in [0.2, 0.25) is 5.91 Å². The number of amides is 2. The highest BCUT2D eigenvalue weighted by Gasteiger charge is 2.27. The molecule has 6 heteroatoms. The third-order valence-electron chi connectivity index (χ3n) is 3.43. The molecule has 0 bridgehead atoms. The number of hydrogen-bond donors (Lipinski definition) is 2. The molecule has 5 nitrogen and oxygen atoms in total. The molecule has 0 spiro atoms. The largest absolute Gasteiger partial charge is 0.398 e. The predicted octanol–water partition coefficient (Wildman–Crippen LogP) is 1.37. The van der Waals surface area contributed by atoms with Crippen LogP contribution in [0.3, 0.4) is 0 Å². The van der Waals surface area contributed by atoms with Gasteiger partial charge >= 0.3 is 0 Å². The number of piperidine rings is 1. The molecule has 1 saturated heterocycles. The van der Waals surface area contributed by atoms with Crippen LogP contribution in [0.15, 0.2) is 22.7 Å². The van der Waals surface area contributed by atoms with E-state index >= 15 is 0 Å². The smallest absolute Gasteiger partial charge is 0.255 e. The van der Waals surface area contributed by atoms with Crippen LogP contribution in [0.1, 0.15) is 23.2 Å². The number of anilines is 1. The number of carbonyl (C=O) groups excluding carboxylic acids is 2. The highest BCUT2D eigenvalue weighted by atomic mass is 79.9. The highest BCUT2D eigenvalue weighted by Crippen LogP contribution is 2.23. The average molecular weight is 326 g/mol. The molecule has 0 atom stereocenters. The Labute approximate surface area is 120 Å². The van der Waals surface area contributed by atoms with E-state index in [-0.39, 0.29) is 17.7 Å². The van der Waals surface area contributed by atoms with Crippen LogP contribution in [0, 0.1) is 5.92 Å². The first-order valence-electron chi connectivity index (χ1n) is 6.12. The molecule has 1 aromatic carbocycles. The zero-order chi connectivity index (χ0) is 14.0. The van der Waals surface area contributed by atoms with E-state index in [1.165, 1.54) is 0 Å². The van der Waals surface area contributed by atoms with E-state index in [1.54, 1.807) is 23.1 Å². The van der Waals surface area contributed by atoms with Crippen molar-refractivity contribution in [3.8, 4) is 0 Å². The first kappa shape index (κ1) is 13.9. The van der Waals surface area contributed by atoms with Crippen molar-refractivity contribution < 1.29 is 9.59 Å². The molecular weight excluding hydrogens is 310 g/mol. The van der Waals surface area contributed by atoms with E-state index in [4.69, 9.17) is 11.5 Å². The Bertz CT molecular complexity index is 511. The lowest BCUT2D eigenvalue weighted by molar-refractivity contribution is -0.123. The lowest BCUT2D eigenvalue weighted by Crippen LogP contribution is -2.41. The molecule has 0 saturated carbocycles. The van der Waals surface area contributed by atoms with Crippen molar-refractivity contribution >= 4 is 33.4 Å². The average Bonchev–Trinajstić information content (AvgIpc) is 2.38. The first-order chi connectivity index (χ1) is 8.99. The molecular formula is C13H16BrN3O2. The second kappa shape index (κ2) is 5.61. The lowest BCUT2D eigenvalue weighted by Gasteiger charge is -2.30. The fraction of sp³-hybridized carbons (Fsp3) is 0.385. The molecule has 0 aromatic heterocycles. The molecule has 0 aliphatic carbocycles. The van der Waals surface area contributed by atoms with Gasteiger partial charge in [-0.1, -0.05) is 15.9 Å². The van der Waals surface area contributed by atoms with Gasteiger partial charge in [0.15, 0.2) is 0 Å². The summed E-state index contributed by atoms with van der Waals surface area (Å²) in [5.74, 6) is -0.491. The standard InChI is InChI=1S/C13H16BrN3O2/c14-9-1-2-10(11(15)7-9)13(19)17-5-3-8(4-6-17)12(16)18/h1-2,7-8H,3-6,15H2,(H2,16,18). The van der Waals surface area contributed by atoms with Gasteiger partial charge in [0.05, 0.1) is 5.56 Å². The SMILES string of the molecule is NC(=O)C1CCN(C(=O)c2ccc(Br)cc2N)CC1. The van der Waals surface area contributed by atoms with Gasteiger partial charge in [-0.3, -0.25) is 9.59 Å². The number of nitrogens with zero attached hydrogens (tertiary/aromatic N) is 1. The molecule has 0 unspecified atom stereocenters. The fourth-order valence-corrected chi connectivity index (χ4v) is 2.64. The minimum absolute atomic E-state index is 0.0899. The summed E-state index contributed by atoms with van der Waals surface area (Å²) in [6.45, 7) is 1.09. The van der Waals surface area contributed by atoms with Crippen LogP contribution in [-0.4, -0.2) is 29.8 Å². The van der Waals surface area contributed by atoms with Crippen LogP contribution in [0.2, 0.25) is 0 Å². The summed E-state index contributed by atoms with van der Waals surface area (Å²) < 4.78 is 0.842. The third-order valence-corrected chi connectivity index (χ3v) is 3.92. The summed E-state index contributed by atoms with van der Waals surface area (Å²) in [6.07, 6.45) is 1.25. The molecule has 102 valence electrons. The van der Waals surface area contributed by atoms with Crippen molar-refractivity contribution in [3.05, 3.63) is 28.2 Å². The molecule has 1 aromatic rings. The fourth-order valence-electron chi connectivity index (χ4n) is 2.27. The number of likely N-dealkylation sites (tertiary alicyclic amines) is 1. The zero-order valence-electron chi connectivity index (χ0n) is 10.4. The van der Waals surface area contributed by atoms with Crippen molar-refractivity contribution in [3.63, 3.8) is 0 Å². The summed E-state index contributed by atoms with van der Waals surface area (Å²) in [5.41, 5.74) is 12.1. The Kier molecular flexibility index (Phi) is 4.09. The van der Waals surface area contributed by atoms with E-state index in [1.807, 2.05) is 0 Å². The molecule has 1 heterocycles. The van der Waals surface area contributed by atoms with Crippen LogP contribution in [-0.2, 0) is 4.79 Å². The first-order valence-corrected chi connectivity index (χ1v) is 6.92. The molecule has 1 aliphatic heterocycles. The number of nitrogens with two attached hydrogens (primary N) is 2. The molecule has 0 radical (unpaired) electrons. The number of hydrogen-bond acceptors (Lipinski definition) is 3. The van der Waals surface area contributed by atoms with E-state index in [0.29, 0.717) is 37.2 Å². The Hall–Kier alpha value is -1.56. The van der Waals surface area contributed by atoms with Crippen LogP contribution in [0.4, 0.5) is 5.69 Å². The molecule has 2 rings (SSSR count). The number of benzene rings is 1. The van der Waals surface area contributed by atoms with Gasteiger partial charge in [0.25, 0.3) is 5.91 Å². The number of carbonyl (C=O) groups is 2. The van der Waals surface area contributed by atoms with Crippen molar-refractivity contribution in [1.82, 2.24) is 4.90 Å². The Morgan fingerprint density at radius 3 is 2.42 bits per heavy atom. The highest BCUT2D eigenvalue weighted by molar-refractivity contribution is 9.10. The summed E-state index contributed by atoms with van der Waals surface area (Å²) in [5, 5.41) is 0. The topological polar surface area (TPSA) is 89.4 Å². The van der Waals surface area contributed by atoms with Crippen LogP contribution in [0.5, 0.6) is 0 Å². The zero-order valence-corrected chi connectivity index (χ0v) is 12.0. The van der Waals surface area contributed by atoms with Gasteiger partial charge in [0, 0.05) is 29.2 Å². The van der Waals surface area contributed by atoms with Crippen LogP contribution >= 0.6 is 15.9 Å².